The highest BCUT2D eigenvalue weighted by molar-refractivity contribution is 5.46. The summed E-state index contributed by atoms with van der Waals surface area (Å²) in [6, 6.07) is 2.87. The number of ether oxygens (including phenoxy) is 1. The van der Waals surface area contributed by atoms with E-state index in [2.05, 4.69) is 0 Å². The van der Waals surface area contributed by atoms with Crippen molar-refractivity contribution in [2.45, 2.75) is 20.0 Å². The highest BCUT2D eigenvalue weighted by Crippen LogP contribution is 2.33. The fourth-order valence-corrected chi connectivity index (χ4v) is 1.35. The number of aliphatic hydroxyl groups excluding tert-OH is 1. The molecule has 0 saturated heterocycles. The van der Waals surface area contributed by atoms with E-state index < -0.39 is 6.43 Å². The van der Waals surface area contributed by atoms with E-state index >= 15 is 0 Å². The molecule has 1 N–H and O–H groups in total. The van der Waals surface area contributed by atoms with E-state index in [9.17, 15) is 8.78 Å². The first-order chi connectivity index (χ1) is 6.61. The van der Waals surface area contributed by atoms with Crippen LogP contribution in [-0.4, -0.2) is 12.2 Å². The van der Waals surface area contributed by atoms with Crippen LogP contribution in [0.3, 0.4) is 0 Å². The van der Waals surface area contributed by atoms with Gasteiger partial charge in [0.2, 0.25) is 0 Å². The minimum absolute atomic E-state index is 0.0856. The second-order valence-corrected chi connectivity index (χ2v) is 2.94. The van der Waals surface area contributed by atoms with Crippen molar-refractivity contribution in [2.24, 2.45) is 0 Å². The summed E-state index contributed by atoms with van der Waals surface area (Å²) in [5.74, 6) is 0.0856. The molecule has 1 aromatic carbocycles. The van der Waals surface area contributed by atoms with Crippen LogP contribution >= 0.6 is 0 Å². The van der Waals surface area contributed by atoms with Gasteiger partial charge in [-0.25, -0.2) is 8.78 Å². The van der Waals surface area contributed by atoms with Crippen LogP contribution in [-0.2, 0) is 6.61 Å². The Kier molecular flexibility index (Phi) is 3.41. The van der Waals surface area contributed by atoms with E-state index in [0.29, 0.717) is 5.56 Å². The summed E-state index contributed by atoms with van der Waals surface area (Å²) in [6.07, 6.45) is -2.59. The number of alkyl halides is 2. The quantitative estimate of drug-likeness (QED) is 0.815. The Labute approximate surface area is 81.1 Å². The van der Waals surface area contributed by atoms with Gasteiger partial charge in [0, 0.05) is 5.56 Å². The molecule has 0 radical (unpaired) electrons. The predicted octanol–water partition coefficient (Wildman–Crippen LogP) is 2.43. The van der Waals surface area contributed by atoms with Gasteiger partial charge < -0.3 is 9.84 Å². The zero-order valence-corrected chi connectivity index (χ0v) is 8.05. The van der Waals surface area contributed by atoms with E-state index in [0.717, 1.165) is 5.56 Å². The molecule has 0 aromatic heterocycles. The van der Waals surface area contributed by atoms with Crippen molar-refractivity contribution in [3.8, 4) is 5.75 Å². The number of halogens is 2. The molecule has 78 valence electrons. The standard InChI is InChI=1S/C10H12F2O2/c1-6-3-4-7(10(11)12)9(14-2)8(6)5-13/h3-4,10,13H,5H2,1-2H3. The topological polar surface area (TPSA) is 29.5 Å². The van der Waals surface area contributed by atoms with Gasteiger partial charge >= 0.3 is 0 Å². The molecule has 0 spiro atoms. The molecular formula is C10H12F2O2. The van der Waals surface area contributed by atoms with Crippen molar-refractivity contribution in [2.75, 3.05) is 7.11 Å². The Hall–Kier alpha value is -1.16. The second kappa shape index (κ2) is 4.37. The van der Waals surface area contributed by atoms with Gasteiger partial charge in [-0.05, 0) is 18.6 Å². The minimum Gasteiger partial charge on any atom is -0.496 e. The van der Waals surface area contributed by atoms with Gasteiger partial charge in [-0.2, -0.15) is 0 Å². The molecule has 2 nitrogen and oxygen atoms in total. The predicted molar refractivity (Wildman–Crippen MR) is 48.6 cm³/mol. The average Bonchev–Trinajstić information content (AvgIpc) is 2.16. The molecule has 0 bridgehead atoms. The molecule has 0 amide bonds. The molecule has 0 atom stereocenters. The first kappa shape index (κ1) is 10.9. The number of rotatable bonds is 3. The highest BCUT2D eigenvalue weighted by Gasteiger charge is 2.17. The summed E-state index contributed by atoms with van der Waals surface area (Å²) in [6.45, 7) is 1.44. The Balaban J connectivity index is 3.33. The molecule has 1 aromatic rings. The molecule has 1 rings (SSSR count). The Morgan fingerprint density at radius 2 is 2.07 bits per heavy atom. The molecule has 14 heavy (non-hydrogen) atoms. The summed E-state index contributed by atoms with van der Waals surface area (Å²) < 4.78 is 29.9. The van der Waals surface area contributed by atoms with Crippen molar-refractivity contribution in [1.29, 1.82) is 0 Å². The fraction of sp³-hybridized carbons (Fsp3) is 0.400. The number of hydrogen-bond acceptors (Lipinski definition) is 2. The van der Waals surface area contributed by atoms with E-state index in [4.69, 9.17) is 9.84 Å². The molecule has 0 unspecified atom stereocenters. The Bertz CT molecular complexity index is 324. The second-order valence-electron chi connectivity index (χ2n) is 2.94. The van der Waals surface area contributed by atoms with E-state index in [1.54, 1.807) is 13.0 Å². The van der Waals surface area contributed by atoms with Crippen LogP contribution in [0.15, 0.2) is 12.1 Å². The van der Waals surface area contributed by atoms with Crippen molar-refractivity contribution in [3.63, 3.8) is 0 Å². The summed E-state index contributed by atoms with van der Waals surface area (Å²) in [7, 11) is 1.32. The Morgan fingerprint density at radius 3 is 2.50 bits per heavy atom. The maximum Gasteiger partial charge on any atom is 0.267 e. The van der Waals surface area contributed by atoms with Gasteiger partial charge in [-0.3, -0.25) is 0 Å². The first-order valence-electron chi connectivity index (χ1n) is 4.17. The molecule has 4 heteroatoms. The van der Waals surface area contributed by atoms with Crippen molar-refractivity contribution in [3.05, 3.63) is 28.8 Å². The summed E-state index contributed by atoms with van der Waals surface area (Å²) in [5.41, 5.74) is 0.987. The van der Waals surface area contributed by atoms with Crippen LogP contribution in [0.1, 0.15) is 23.1 Å². The monoisotopic (exact) mass is 202 g/mol. The lowest BCUT2D eigenvalue weighted by atomic mass is 10.0. The zero-order chi connectivity index (χ0) is 10.7. The average molecular weight is 202 g/mol. The number of methoxy groups -OCH3 is 1. The van der Waals surface area contributed by atoms with Crippen molar-refractivity contribution >= 4 is 0 Å². The maximum atomic E-state index is 12.5. The minimum atomic E-state index is -2.59. The largest absolute Gasteiger partial charge is 0.496 e. The number of hydrogen-bond donors (Lipinski definition) is 1. The van der Waals surface area contributed by atoms with Crippen molar-refractivity contribution in [1.82, 2.24) is 0 Å². The number of benzene rings is 1. The maximum absolute atomic E-state index is 12.5. The highest BCUT2D eigenvalue weighted by atomic mass is 19.3. The van der Waals surface area contributed by atoms with Crippen LogP contribution in [0.2, 0.25) is 0 Å². The van der Waals surface area contributed by atoms with Crippen LogP contribution < -0.4 is 4.74 Å². The molecule has 0 heterocycles. The van der Waals surface area contributed by atoms with Gasteiger partial charge in [0.15, 0.2) is 0 Å². The van der Waals surface area contributed by atoms with Gasteiger partial charge in [0.1, 0.15) is 5.75 Å². The smallest absolute Gasteiger partial charge is 0.267 e. The van der Waals surface area contributed by atoms with Gasteiger partial charge in [-0.15, -0.1) is 0 Å². The zero-order valence-electron chi connectivity index (χ0n) is 8.05. The summed E-state index contributed by atoms with van der Waals surface area (Å²) in [4.78, 5) is 0. The number of aryl methyl sites for hydroxylation is 1. The molecule has 0 aliphatic carbocycles. The van der Waals surface area contributed by atoms with E-state index in [1.807, 2.05) is 0 Å². The molecule has 0 fully saturated rings. The first-order valence-corrected chi connectivity index (χ1v) is 4.17. The number of aliphatic hydroxyl groups is 1. The van der Waals surface area contributed by atoms with E-state index in [1.165, 1.54) is 13.2 Å². The van der Waals surface area contributed by atoms with Gasteiger partial charge in [0.25, 0.3) is 6.43 Å². The molecule has 0 aliphatic rings. The molecular weight excluding hydrogens is 190 g/mol. The lowest BCUT2D eigenvalue weighted by Crippen LogP contribution is -2.00. The van der Waals surface area contributed by atoms with Gasteiger partial charge in [0.05, 0.1) is 19.3 Å². The molecule has 0 saturated carbocycles. The van der Waals surface area contributed by atoms with Crippen LogP contribution in [0.25, 0.3) is 0 Å². The summed E-state index contributed by atoms with van der Waals surface area (Å²) in [5, 5.41) is 9.01. The lowest BCUT2D eigenvalue weighted by molar-refractivity contribution is 0.146. The fourth-order valence-electron chi connectivity index (χ4n) is 1.35. The molecule has 0 aliphatic heterocycles. The normalized spacial score (nSPS) is 10.7. The third-order valence-electron chi connectivity index (χ3n) is 2.12. The van der Waals surface area contributed by atoms with Crippen LogP contribution in [0.5, 0.6) is 5.75 Å². The van der Waals surface area contributed by atoms with Gasteiger partial charge in [-0.1, -0.05) is 6.07 Å². The van der Waals surface area contributed by atoms with Crippen molar-refractivity contribution < 1.29 is 18.6 Å². The third-order valence-corrected chi connectivity index (χ3v) is 2.12. The summed E-state index contributed by atoms with van der Waals surface area (Å²) >= 11 is 0. The van der Waals surface area contributed by atoms with E-state index in [-0.39, 0.29) is 17.9 Å². The third kappa shape index (κ3) is 1.85. The lowest BCUT2D eigenvalue weighted by Gasteiger charge is -2.13. The van der Waals surface area contributed by atoms with Crippen LogP contribution in [0.4, 0.5) is 8.78 Å². The van der Waals surface area contributed by atoms with Crippen LogP contribution in [0, 0.1) is 6.92 Å². The Morgan fingerprint density at radius 1 is 1.43 bits per heavy atom. The SMILES string of the molecule is COc1c(C(F)F)ccc(C)c1CO.